The van der Waals surface area contributed by atoms with Crippen LogP contribution < -0.4 is 18.9 Å². The SMILES string of the molecule is CC(CCOc1ccc(-c2ccc(OCCOCC3CO3)cc2)cc1)COc1ccc(-c2ccc(OCCOCC3CO3)cc2)cc1. The number of epoxide rings is 2. The number of ether oxygens (including phenoxy) is 8. The maximum Gasteiger partial charge on any atom is 0.119 e. The van der Waals surface area contributed by atoms with Gasteiger partial charge in [0.15, 0.2) is 0 Å². The molecule has 8 heteroatoms. The highest BCUT2D eigenvalue weighted by Crippen LogP contribution is 2.27. The second-order valence-electron chi connectivity index (χ2n) is 11.9. The monoisotopic (exact) mass is 640 g/mol. The van der Waals surface area contributed by atoms with Crippen molar-refractivity contribution >= 4 is 0 Å². The molecule has 6 rings (SSSR count). The van der Waals surface area contributed by atoms with Gasteiger partial charge in [-0.3, -0.25) is 0 Å². The lowest BCUT2D eigenvalue weighted by Crippen LogP contribution is -2.12. The van der Waals surface area contributed by atoms with Crippen LogP contribution in [0.1, 0.15) is 13.3 Å². The Hall–Kier alpha value is -4.08. The summed E-state index contributed by atoms with van der Waals surface area (Å²) in [5.41, 5.74) is 4.52. The largest absolute Gasteiger partial charge is 0.494 e. The Labute approximate surface area is 277 Å². The van der Waals surface area contributed by atoms with Crippen molar-refractivity contribution in [2.45, 2.75) is 25.6 Å². The maximum absolute atomic E-state index is 6.06. The molecular formula is C39H44O8. The standard InChI is InChI=1S/C39H44O8/c1-29(24-45-37-16-8-33(9-17-37)32-6-14-36(15-7-32)44-23-21-41-26-39-28-47-39)18-19-42-34-10-2-30(3-11-34)31-4-12-35(13-5-31)43-22-20-40-25-38-27-46-38/h2-17,29,38-39H,18-28H2,1H3. The highest BCUT2D eigenvalue weighted by Gasteiger charge is 2.22. The second-order valence-corrected chi connectivity index (χ2v) is 11.9. The quantitative estimate of drug-likeness (QED) is 0.0706. The molecule has 8 nitrogen and oxygen atoms in total. The first-order valence-corrected chi connectivity index (χ1v) is 16.5. The van der Waals surface area contributed by atoms with E-state index in [9.17, 15) is 0 Å². The Bertz CT molecular complexity index is 1460. The van der Waals surface area contributed by atoms with E-state index in [4.69, 9.17) is 37.9 Å². The van der Waals surface area contributed by atoms with E-state index in [2.05, 4.69) is 55.5 Å². The van der Waals surface area contributed by atoms with Gasteiger partial charge in [0.25, 0.3) is 0 Å². The summed E-state index contributed by atoms with van der Waals surface area (Å²) in [6, 6.07) is 32.6. The summed E-state index contributed by atoms with van der Waals surface area (Å²) in [6.07, 6.45) is 1.47. The Morgan fingerprint density at radius 2 is 0.830 bits per heavy atom. The van der Waals surface area contributed by atoms with Crippen LogP contribution in [0.25, 0.3) is 22.3 Å². The number of rotatable bonds is 21. The molecule has 3 atom stereocenters. The molecule has 2 aliphatic rings. The van der Waals surface area contributed by atoms with Crippen LogP contribution in [0, 0.1) is 5.92 Å². The Morgan fingerprint density at radius 1 is 0.489 bits per heavy atom. The van der Waals surface area contributed by atoms with Gasteiger partial charge < -0.3 is 37.9 Å². The van der Waals surface area contributed by atoms with Gasteiger partial charge in [-0.1, -0.05) is 55.5 Å². The molecule has 0 aromatic heterocycles. The van der Waals surface area contributed by atoms with Gasteiger partial charge in [-0.25, -0.2) is 0 Å². The summed E-state index contributed by atoms with van der Waals surface area (Å²) in [6.45, 7) is 8.54. The molecule has 2 heterocycles. The van der Waals surface area contributed by atoms with Crippen molar-refractivity contribution in [2.24, 2.45) is 5.92 Å². The Balaban J connectivity index is 0.848. The van der Waals surface area contributed by atoms with E-state index in [-0.39, 0.29) is 12.2 Å². The van der Waals surface area contributed by atoms with Crippen molar-refractivity contribution in [3.8, 4) is 45.3 Å². The Morgan fingerprint density at radius 3 is 1.19 bits per heavy atom. The zero-order valence-corrected chi connectivity index (χ0v) is 27.0. The van der Waals surface area contributed by atoms with Gasteiger partial charge in [0.05, 0.1) is 52.9 Å². The predicted molar refractivity (Wildman–Crippen MR) is 181 cm³/mol. The van der Waals surface area contributed by atoms with E-state index in [0.29, 0.717) is 58.8 Å². The van der Waals surface area contributed by atoms with Crippen molar-refractivity contribution in [1.82, 2.24) is 0 Å². The van der Waals surface area contributed by atoms with Gasteiger partial charge >= 0.3 is 0 Å². The van der Waals surface area contributed by atoms with Crippen LogP contribution in [0.5, 0.6) is 23.0 Å². The molecule has 0 saturated carbocycles. The first-order chi connectivity index (χ1) is 23.2. The molecule has 4 aromatic rings. The van der Waals surface area contributed by atoms with Crippen LogP contribution in [-0.4, -0.2) is 78.3 Å². The third-order valence-electron chi connectivity index (χ3n) is 7.90. The highest BCUT2D eigenvalue weighted by atomic mass is 16.6. The minimum Gasteiger partial charge on any atom is -0.494 e. The molecule has 47 heavy (non-hydrogen) atoms. The third kappa shape index (κ3) is 11.3. The van der Waals surface area contributed by atoms with Crippen molar-refractivity contribution in [1.29, 1.82) is 0 Å². The Kier molecular flexibility index (Phi) is 12.0. The summed E-state index contributed by atoms with van der Waals surface area (Å²) >= 11 is 0. The summed E-state index contributed by atoms with van der Waals surface area (Å²) in [4.78, 5) is 0. The van der Waals surface area contributed by atoms with Crippen molar-refractivity contribution < 1.29 is 37.9 Å². The fourth-order valence-corrected chi connectivity index (χ4v) is 4.87. The first-order valence-electron chi connectivity index (χ1n) is 16.5. The maximum atomic E-state index is 6.06. The van der Waals surface area contributed by atoms with Crippen LogP contribution in [-0.2, 0) is 18.9 Å². The molecule has 0 bridgehead atoms. The topological polar surface area (TPSA) is 80.4 Å². The summed E-state index contributed by atoms with van der Waals surface area (Å²) < 4.78 is 44.9. The minimum atomic E-state index is 0.284. The molecule has 2 saturated heterocycles. The van der Waals surface area contributed by atoms with E-state index in [1.54, 1.807) is 0 Å². The molecule has 4 aromatic carbocycles. The normalized spacial score (nSPS) is 17.1. The van der Waals surface area contributed by atoms with Crippen molar-refractivity contribution in [3.05, 3.63) is 97.1 Å². The lowest BCUT2D eigenvalue weighted by molar-refractivity contribution is 0.0878. The van der Waals surface area contributed by atoms with E-state index in [1.807, 2.05) is 48.5 Å². The van der Waals surface area contributed by atoms with Crippen LogP contribution in [0.4, 0.5) is 0 Å². The molecule has 2 aliphatic heterocycles. The molecular weight excluding hydrogens is 596 g/mol. The smallest absolute Gasteiger partial charge is 0.119 e. The lowest BCUT2D eigenvalue weighted by atomic mass is 10.1. The molecule has 2 fully saturated rings. The van der Waals surface area contributed by atoms with Crippen LogP contribution in [0.3, 0.4) is 0 Å². The number of hydrogen-bond donors (Lipinski definition) is 0. The molecule has 0 radical (unpaired) electrons. The average Bonchev–Trinajstić information content (AvgIpc) is 4.05. The van der Waals surface area contributed by atoms with Crippen LogP contribution >= 0.6 is 0 Å². The molecule has 0 spiro atoms. The van der Waals surface area contributed by atoms with Gasteiger partial charge in [0, 0.05) is 0 Å². The first kappa shape index (κ1) is 32.8. The van der Waals surface area contributed by atoms with Gasteiger partial charge in [0.1, 0.15) is 48.4 Å². The number of benzene rings is 4. The van der Waals surface area contributed by atoms with E-state index in [1.165, 1.54) is 0 Å². The summed E-state index contributed by atoms with van der Waals surface area (Å²) in [5, 5.41) is 0. The van der Waals surface area contributed by atoms with E-state index in [0.717, 1.165) is 64.9 Å². The average molecular weight is 641 g/mol. The van der Waals surface area contributed by atoms with Gasteiger partial charge in [0.2, 0.25) is 0 Å². The van der Waals surface area contributed by atoms with Crippen molar-refractivity contribution in [2.75, 3.05) is 66.1 Å². The lowest BCUT2D eigenvalue weighted by Gasteiger charge is -2.14. The molecule has 0 aliphatic carbocycles. The van der Waals surface area contributed by atoms with Crippen LogP contribution in [0.15, 0.2) is 97.1 Å². The zero-order chi connectivity index (χ0) is 32.1. The second kappa shape index (κ2) is 17.2. The zero-order valence-electron chi connectivity index (χ0n) is 27.0. The highest BCUT2D eigenvalue weighted by molar-refractivity contribution is 5.65. The molecule has 3 unspecified atom stereocenters. The van der Waals surface area contributed by atoms with Crippen LogP contribution in [0.2, 0.25) is 0 Å². The summed E-state index contributed by atoms with van der Waals surface area (Å²) in [5.74, 6) is 3.75. The van der Waals surface area contributed by atoms with Crippen molar-refractivity contribution in [3.63, 3.8) is 0 Å². The molecule has 248 valence electrons. The van der Waals surface area contributed by atoms with Gasteiger partial charge in [-0.05, 0) is 83.1 Å². The van der Waals surface area contributed by atoms with Gasteiger partial charge in [-0.2, -0.15) is 0 Å². The minimum absolute atomic E-state index is 0.284. The predicted octanol–water partition coefficient (Wildman–Crippen LogP) is 7.09. The van der Waals surface area contributed by atoms with E-state index >= 15 is 0 Å². The molecule has 0 N–H and O–H groups in total. The van der Waals surface area contributed by atoms with Gasteiger partial charge in [-0.15, -0.1) is 0 Å². The number of hydrogen-bond acceptors (Lipinski definition) is 8. The third-order valence-corrected chi connectivity index (χ3v) is 7.90. The van der Waals surface area contributed by atoms with E-state index < -0.39 is 0 Å². The molecule has 0 amide bonds. The fraction of sp³-hybridized carbons (Fsp3) is 0.385. The fourth-order valence-electron chi connectivity index (χ4n) is 4.87. The summed E-state index contributed by atoms with van der Waals surface area (Å²) in [7, 11) is 0.